The van der Waals surface area contributed by atoms with Crippen LogP contribution in [0.2, 0.25) is 0 Å². The number of aryl methyl sites for hydroxylation is 2. The molecule has 21 heavy (non-hydrogen) atoms. The van der Waals surface area contributed by atoms with Gasteiger partial charge in [-0.3, -0.25) is 4.79 Å². The van der Waals surface area contributed by atoms with E-state index in [4.69, 9.17) is 5.73 Å². The average Bonchev–Trinajstić information content (AvgIpc) is 2.77. The van der Waals surface area contributed by atoms with Crippen molar-refractivity contribution in [3.63, 3.8) is 0 Å². The highest BCUT2D eigenvalue weighted by Gasteiger charge is 2.15. The molecule has 0 bridgehead atoms. The number of hydrogen-bond acceptors (Lipinski definition) is 6. The smallest absolute Gasteiger partial charge is 0.221 e. The predicted molar refractivity (Wildman–Crippen MR) is 86.8 cm³/mol. The lowest BCUT2D eigenvalue weighted by molar-refractivity contribution is -0.120. The molecule has 1 amide bonds. The number of thiophene rings is 1. The monoisotopic (exact) mass is 307 g/mol. The largest absolute Gasteiger partial charge is 0.359 e. The number of nitrogens with one attached hydrogen (secondary N) is 1. The summed E-state index contributed by atoms with van der Waals surface area (Å²) < 4.78 is 0. The van der Waals surface area contributed by atoms with E-state index in [1.54, 1.807) is 17.7 Å². The van der Waals surface area contributed by atoms with E-state index in [9.17, 15) is 4.79 Å². The summed E-state index contributed by atoms with van der Waals surface area (Å²) >= 11 is 1.67. The van der Waals surface area contributed by atoms with Gasteiger partial charge in [0.05, 0.1) is 5.39 Å². The molecule has 7 heteroatoms. The normalized spacial score (nSPS) is 10.9. The zero-order valence-corrected chi connectivity index (χ0v) is 13.5. The lowest BCUT2D eigenvalue weighted by atomic mass is 10.2. The maximum atomic E-state index is 11.6. The van der Waals surface area contributed by atoms with Gasteiger partial charge in [-0.05, 0) is 19.4 Å². The fraction of sp³-hybridized carbons (Fsp3) is 0.500. The molecule has 0 aliphatic rings. The van der Waals surface area contributed by atoms with Gasteiger partial charge in [0, 0.05) is 38.0 Å². The second kappa shape index (κ2) is 6.82. The first-order valence-electron chi connectivity index (χ1n) is 6.93. The maximum Gasteiger partial charge on any atom is 0.221 e. The van der Waals surface area contributed by atoms with Crippen LogP contribution < -0.4 is 16.0 Å². The molecule has 0 radical (unpaired) electrons. The van der Waals surface area contributed by atoms with Gasteiger partial charge in [0.1, 0.15) is 17.0 Å². The summed E-state index contributed by atoms with van der Waals surface area (Å²) in [6, 6.07) is 0. The van der Waals surface area contributed by atoms with Gasteiger partial charge in [0.2, 0.25) is 5.91 Å². The Hall–Kier alpha value is -1.73. The van der Waals surface area contributed by atoms with Crippen LogP contribution in [0.15, 0.2) is 6.33 Å². The van der Waals surface area contributed by atoms with Crippen molar-refractivity contribution < 1.29 is 4.79 Å². The number of nitrogens with zero attached hydrogens (tertiary/aromatic N) is 3. The minimum atomic E-state index is 0.0100. The maximum absolute atomic E-state index is 11.6. The van der Waals surface area contributed by atoms with Crippen molar-refractivity contribution in [1.82, 2.24) is 15.3 Å². The van der Waals surface area contributed by atoms with E-state index in [-0.39, 0.29) is 5.91 Å². The molecule has 0 aliphatic heterocycles. The van der Waals surface area contributed by atoms with E-state index in [1.165, 1.54) is 10.4 Å². The van der Waals surface area contributed by atoms with E-state index in [2.05, 4.69) is 29.1 Å². The Balaban J connectivity index is 2.12. The van der Waals surface area contributed by atoms with E-state index in [0.717, 1.165) is 16.0 Å². The lowest BCUT2D eigenvalue weighted by Gasteiger charge is -2.18. The molecule has 0 unspecified atom stereocenters. The molecule has 2 aromatic heterocycles. The first-order chi connectivity index (χ1) is 10.0. The molecule has 0 aromatic carbocycles. The van der Waals surface area contributed by atoms with Gasteiger partial charge in [-0.1, -0.05) is 0 Å². The van der Waals surface area contributed by atoms with Crippen molar-refractivity contribution >= 4 is 33.3 Å². The standard InChI is InChI=1S/C14H21N5OS/c1-9-10(2)21-14-12(9)13(17-8-18-14)19(3)7-4-11(20)16-6-5-15/h8H,4-7,15H2,1-3H3,(H,16,20). The van der Waals surface area contributed by atoms with Crippen molar-refractivity contribution in [2.75, 3.05) is 31.6 Å². The summed E-state index contributed by atoms with van der Waals surface area (Å²) in [7, 11) is 1.95. The van der Waals surface area contributed by atoms with Gasteiger partial charge in [-0.2, -0.15) is 0 Å². The number of aromatic nitrogens is 2. The highest BCUT2D eigenvalue weighted by atomic mass is 32.1. The number of amides is 1. The first kappa shape index (κ1) is 15.7. The molecule has 0 saturated carbocycles. The number of fused-ring (bicyclic) bond motifs is 1. The van der Waals surface area contributed by atoms with Crippen molar-refractivity contribution in [3.8, 4) is 0 Å². The zero-order chi connectivity index (χ0) is 15.4. The lowest BCUT2D eigenvalue weighted by Crippen LogP contribution is -2.32. The van der Waals surface area contributed by atoms with Crippen LogP contribution in [-0.2, 0) is 4.79 Å². The summed E-state index contributed by atoms with van der Waals surface area (Å²) in [4.78, 5) is 24.6. The Kier molecular flexibility index (Phi) is 5.08. The molecule has 0 saturated heterocycles. The molecule has 2 aromatic rings. The van der Waals surface area contributed by atoms with Crippen molar-refractivity contribution in [2.45, 2.75) is 20.3 Å². The Bertz CT molecular complexity index is 640. The summed E-state index contributed by atoms with van der Waals surface area (Å²) in [5.74, 6) is 0.893. The molecular weight excluding hydrogens is 286 g/mol. The Morgan fingerprint density at radius 3 is 2.90 bits per heavy atom. The van der Waals surface area contributed by atoms with Crippen molar-refractivity contribution in [1.29, 1.82) is 0 Å². The van der Waals surface area contributed by atoms with Crippen LogP contribution in [0.4, 0.5) is 5.82 Å². The van der Waals surface area contributed by atoms with E-state index in [1.807, 2.05) is 11.9 Å². The fourth-order valence-corrected chi connectivity index (χ4v) is 3.12. The summed E-state index contributed by atoms with van der Waals surface area (Å²) in [6.07, 6.45) is 2.00. The zero-order valence-electron chi connectivity index (χ0n) is 12.6. The van der Waals surface area contributed by atoms with Crippen LogP contribution in [0.3, 0.4) is 0 Å². The van der Waals surface area contributed by atoms with Crippen LogP contribution in [0.25, 0.3) is 10.2 Å². The molecule has 0 fully saturated rings. The average molecular weight is 307 g/mol. The first-order valence-corrected chi connectivity index (χ1v) is 7.74. The molecule has 0 spiro atoms. The van der Waals surface area contributed by atoms with Crippen LogP contribution in [-0.4, -0.2) is 42.6 Å². The van der Waals surface area contributed by atoms with E-state index in [0.29, 0.717) is 26.1 Å². The minimum absolute atomic E-state index is 0.0100. The Morgan fingerprint density at radius 2 is 2.19 bits per heavy atom. The third-order valence-electron chi connectivity index (χ3n) is 3.45. The molecule has 0 aliphatic carbocycles. The number of hydrogen-bond donors (Lipinski definition) is 2. The molecule has 114 valence electrons. The molecule has 3 N–H and O–H groups in total. The van der Waals surface area contributed by atoms with Crippen LogP contribution >= 0.6 is 11.3 Å². The number of anilines is 1. The third-order valence-corrected chi connectivity index (χ3v) is 4.56. The number of carbonyl (C=O) groups is 1. The number of rotatable bonds is 6. The molecule has 0 atom stereocenters. The quantitative estimate of drug-likeness (QED) is 0.838. The van der Waals surface area contributed by atoms with E-state index < -0.39 is 0 Å². The second-order valence-corrected chi connectivity index (χ2v) is 6.17. The van der Waals surface area contributed by atoms with Gasteiger partial charge in [0.15, 0.2) is 0 Å². The molecule has 2 heterocycles. The van der Waals surface area contributed by atoms with Crippen LogP contribution in [0.5, 0.6) is 0 Å². The molecule has 6 nitrogen and oxygen atoms in total. The van der Waals surface area contributed by atoms with Gasteiger partial charge < -0.3 is 16.0 Å². The predicted octanol–water partition coefficient (Wildman–Crippen LogP) is 1.21. The number of nitrogens with two attached hydrogens (primary N) is 1. The Morgan fingerprint density at radius 1 is 1.43 bits per heavy atom. The van der Waals surface area contributed by atoms with Gasteiger partial charge in [-0.15, -0.1) is 11.3 Å². The molecule has 2 rings (SSSR count). The summed E-state index contributed by atoms with van der Waals surface area (Å²) in [5, 5.41) is 3.86. The van der Waals surface area contributed by atoms with Gasteiger partial charge >= 0.3 is 0 Å². The Labute approximate surface area is 128 Å². The number of carbonyl (C=O) groups excluding carboxylic acids is 1. The van der Waals surface area contributed by atoms with Crippen LogP contribution in [0.1, 0.15) is 16.9 Å². The molecular formula is C14H21N5OS. The topological polar surface area (TPSA) is 84.1 Å². The van der Waals surface area contributed by atoms with Crippen molar-refractivity contribution in [3.05, 3.63) is 16.8 Å². The van der Waals surface area contributed by atoms with Crippen LogP contribution in [0, 0.1) is 13.8 Å². The SMILES string of the molecule is Cc1sc2ncnc(N(C)CCC(=O)NCCN)c2c1C. The van der Waals surface area contributed by atoms with Gasteiger partial charge in [-0.25, -0.2) is 9.97 Å². The van der Waals surface area contributed by atoms with E-state index >= 15 is 0 Å². The second-order valence-electron chi connectivity index (χ2n) is 4.97. The summed E-state index contributed by atoms with van der Waals surface area (Å²) in [6.45, 7) is 5.76. The highest BCUT2D eigenvalue weighted by molar-refractivity contribution is 7.18. The minimum Gasteiger partial charge on any atom is -0.359 e. The highest BCUT2D eigenvalue weighted by Crippen LogP contribution is 2.33. The van der Waals surface area contributed by atoms with Gasteiger partial charge in [0.25, 0.3) is 0 Å². The third kappa shape index (κ3) is 3.48. The van der Waals surface area contributed by atoms with Crippen molar-refractivity contribution in [2.24, 2.45) is 5.73 Å². The fourth-order valence-electron chi connectivity index (χ4n) is 2.13. The summed E-state index contributed by atoms with van der Waals surface area (Å²) in [5.41, 5.74) is 6.58.